The van der Waals surface area contributed by atoms with Gasteiger partial charge in [-0.15, -0.1) is 0 Å². The van der Waals surface area contributed by atoms with Gasteiger partial charge < -0.3 is 14.2 Å². The maximum Gasteiger partial charge on any atom is 0.338 e. The van der Waals surface area contributed by atoms with Crippen LogP contribution in [0.15, 0.2) is 93.9 Å². The first-order valence-corrected chi connectivity index (χ1v) is 13.9. The van der Waals surface area contributed by atoms with Crippen LogP contribution in [0.1, 0.15) is 36.6 Å². The summed E-state index contributed by atoms with van der Waals surface area (Å²) >= 11 is 7.50. The maximum absolute atomic E-state index is 13.8. The van der Waals surface area contributed by atoms with Gasteiger partial charge in [0.15, 0.2) is 4.80 Å². The molecular formula is C31H27ClN2O5S. The van der Waals surface area contributed by atoms with Crippen LogP contribution in [0.4, 0.5) is 0 Å². The second kappa shape index (κ2) is 11.9. The van der Waals surface area contributed by atoms with Gasteiger partial charge in [0.2, 0.25) is 0 Å². The van der Waals surface area contributed by atoms with Crippen LogP contribution in [-0.4, -0.2) is 24.3 Å². The van der Waals surface area contributed by atoms with E-state index in [0.29, 0.717) is 43.7 Å². The molecule has 0 spiro atoms. The Bertz CT molecular complexity index is 1760. The minimum Gasteiger partial charge on any atom is -0.497 e. The summed E-state index contributed by atoms with van der Waals surface area (Å²) < 4.78 is 18.6. The van der Waals surface area contributed by atoms with E-state index in [-0.39, 0.29) is 12.2 Å². The quantitative estimate of drug-likeness (QED) is 0.276. The molecule has 204 valence electrons. The van der Waals surface area contributed by atoms with Gasteiger partial charge in [0.05, 0.1) is 35.6 Å². The Morgan fingerprint density at radius 1 is 1.05 bits per heavy atom. The zero-order valence-corrected chi connectivity index (χ0v) is 23.8. The fourth-order valence-corrected chi connectivity index (χ4v) is 5.72. The lowest BCUT2D eigenvalue weighted by Crippen LogP contribution is -2.39. The Morgan fingerprint density at radius 2 is 1.75 bits per heavy atom. The van der Waals surface area contributed by atoms with Gasteiger partial charge in [-0.05, 0) is 61.4 Å². The smallest absolute Gasteiger partial charge is 0.338 e. The Hall–Kier alpha value is -4.14. The summed E-state index contributed by atoms with van der Waals surface area (Å²) in [7, 11) is 1.59. The summed E-state index contributed by atoms with van der Waals surface area (Å²) in [6.07, 6.45) is 1.82. The normalized spacial score (nSPS) is 14.9. The van der Waals surface area contributed by atoms with E-state index in [9.17, 15) is 9.59 Å². The predicted molar refractivity (Wildman–Crippen MR) is 156 cm³/mol. The maximum atomic E-state index is 13.8. The number of thiazole rings is 1. The van der Waals surface area contributed by atoms with Crippen molar-refractivity contribution in [1.82, 2.24) is 4.57 Å². The second-order valence-corrected chi connectivity index (χ2v) is 10.4. The molecule has 0 bridgehead atoms. The molecule has 1 atom stereocenters. The minimum atomic E-state index is -0.677. The first-order valence-electron chi connectivity index (χ1n) is 12.7. The number of ether oxygens (including phenoxy) is 3. The molecule has 0 saturated heterocycles. The number of esters is 1. The third-order valence-electron chi connectivity index (χ3n) is 6.48. The molecule has 1 aliphatic heterocycles. The highest BCUT2D eigenvalue weighted by Gasteiger charge is 2.33. The summed E-state index contributed by atoms with van der Waals surface area (Å²) in [4.78, 5) is 31.9. The van der Waals surface area contributed by atoms with Gasteiger partial charge in [0, 0.05) is 10.6 Å². The molecule has 0 radical (unpaired) electrons. The summed E-state index contributed by atoms with van der Waals surface area (Å²) in [6, 6.07) is 21.6. The zero-order chi connectivity index (χ0) is 28.2. The van der Waals surface area contributed by atoms with Crippen molar-refractivity contribution < 1.29 is 19.0 Å². The standard InChI is InChI=1S/C31H27ClN2O5S/c1-4-38-30(36)27-19(2)33-31-34(28(27)21-11-15-23(37-3)16-12-21)29(35)26(40-31)17-20-9-13-24(14-10-20)39-18-22-7-5-6-8-25(22)32/h5-17,28H,4,18H2,1-3H3. The Kier molecular flexibility index (Phi) is 8.19. The number of hydrogen-bond donors (Lipinski definition) is 0. The first-order chi connectivity index (χ1) is 19.4. The van der Waals surface area contributed by atoms with Gasteiger partial charge >= 0.3 is 5.97 Å². The minimum absolute atomic E-state index is 0.216. The number of carbonyl (C=O) groups is 1. The van der Waals surface area contributed by atoms with Crippen molar-refractivity contribution in [3.8, 4) is 11.5 Å². The molecular weight excluding hydrogens is 548 g/mol. The molecule has 4 aromatic rings. The predicted octanol–water partition coefficient (Wildman–Crippen LogP) is 5.04. The van der Waals surface area contributed by atoms with Gasteiger partial charge in [0.1, 0.15) is 18.1 Å². The lowest BCUT2D eigenvalue weighted by Gasteiger charge is -2.24. The number of nitrogens with zero attached hydrogens (tertiary/aromatic N) is 2. The SMILES string of the molecule is CCOC(=O)C1=C(C)N=c2sc(=Cc3ccc(OCc4ccccc4Cl)cc3)c(=O)n2C1c1ccc(OC)cc1. The van der Waals surface area contributed by atoms with Crippen molar-refractivity contribution in [3.05, 3.63) is 125 Å². The van der Waals surface area contributed by atoms with Crippen LogP contribution in [0.25, 0.3) is 6.08 Å². The zero-order valence-electron chi connectivity index (χ0n) is 22.2. The van der Waals surface area contributed by atoms with E-state index in [1.807, 2.05) is 66.7 Å². The van der Waals surface area contributed by atoms with E-state index < -0.39 is 12.0 Å². The number of halogens is 1. The molecule has 1 unspecified atom stereocenters. The third kappa shape index (κ3) is 5.59. The van der Waals surface area contributed by atoms with Crippen molar-refractivity contribution in [2.75, 3.05) is 13.7 Å². The average molecular weight is 575 g/mol. The first kappa shape index (κ1) is 27.4. The summed E-state index contributed by atoms with van der Waals surface area (Å²) in [5.41, 5.74) is 3.11. The monoisotopic (exact) mass is 574 g/mol. The largest absolute Gasteiger partial charge is 0.497 e. The van der Waals surface area contributed by atoms with Crippen LogP contribution < -0.4 is 24.4 Å². The number of allylic oxidation sites excluding steroid dienone is 1. The van der Waals surface area contributed by atoms with E-state index in [1.165, 1.54) is 11.3 Å². The van der Waals surface area contributed by atoms with Gasteiger partial charge in [-0.25, -0.2) is 9.79 Å². The van der Waals surface area contributed by atoms with E-state index >= 15 is 0 Å². The van der Waals surface area contributed by atoms with Crippen molar-refractivity contribution in [2.45, 2.75) is 26.5 Å². The lowest BCUT2D eigenvalue weighted by atomic mass is 9.96. The molecule has 7 nitrogen and oxygen atoms in total. The Morgan fingerprint density at radius 3 is 2.42 bits per heavy atom. The summed E-state index contributed by atoms with van der Waals surface area (Å²) in [5.74, 6) is 0.868. The van der Waals surface area contributed by atoms with Crippen molar-refractivity contribution in [3.63, 3.8) is 0 Å². The molecule has 0 fully saturated rings. The van der Waals surface area contributed by atoms with Crippen LogP contribution in [-0.2, 0) is 16.1 Å². The van der Waals surface area contributed by atoms with Crippen LogP contribution in [0.2, 0.25) is 5.02 Å². The van der Waals surface area contributed by atoms with Crippen molar-refractivity contribution in [2.24, 2.45) is 4.99 Å². The molecule has 0 saturated carbocycles. The molecule has 0 N–H and O–H groups in total. The van der Waals surface area contributed by atoms with Gasteiger partial charge in [-0.3, -0.25) is 9.36 Å². The number of aromatic nitrogens is 1. The molecule has 1 aromatic heterocycles. The number of carbonyl (C=O) groups excluding carboxylic acids is 1. The van der Waals surface area contributed by atoms with E-state index in [4.69, 9.17) is 25.8 Å². The number of rotatable bonds is 8. The highest BCUT2D eigenvalue weighted by molar-refractivity contribution is 7.07. The molecule has 40 heavy (non-hydrogen) atoms. The fourth-order valence-electron chi connectivity index (χ4n) is 4.48. The molecule has 0 amide bonds. The average Bonchev–Trinajstić information content (AvgIpc) is 3.26. The van der Waals surface area contributed by atoms with Crippen LogP contribution in [0, 0.1) is 0 Å². The lowest BCUT2D eigenvalue weighted by molar-refractivity contribution is -0.139. The van der Waals surface area contributed by atoms with Gasteiger partial charge in [-0.2, -0.15) is 0 Å². The molecule has 9 heteroatoms. The number of methoxy groups -OCH3 is 1. The van der Waals surface area contributed by atoms with Gasteiger partial charge in [-0.1, -0.05) is 65.4 Å². The molecule has 1 aliphatic rings. The molecule has 2 heterocycles. The topological polar surface area (TPSA) is 79.1 Å². The van der Waals surface area contributed by atoms with E-state index in [0.717, 1.165) is 16.7 Å². The third-order valence-corrected chi connectivity index (χ3v) is 7.83. The van der Waals surface area contributed by atoms with Crippen molar-refractivity contribution in [1.29, 1.82) is 0 Å². The van der Waals surface area contributed by atoms with Crippen LogP contribution in [0.3, 0.4) is 0 Å². The molecule has 5 rings (SSSR count). The molecule has 3 aromatic carbocycles. The van der Waals surface area contributed by atoms with E-state index in [2.05, 4.69) is 4.99 Å². The Balaban J connectivity index is 1.50. The van der Waals surface area contributed by atoms with Gasteiger partial charge in [0.25, 0.3) is 5.56 Å². The van der Waals surface area contributed by atoms with Crippen LogP contribution in [0.5, 0.6) is 11.5 Å². The highest BCUT2D eigenvalue weighted by Crippen LogP contribution is 2.31. The second-order valence-electron chi connectivity index (χ2n) is 9.02. The number of benzene rings is 3. The van der Waals surface area contributed by atoms with Crippen LogP contribution >= 0.6 is 22.9 Å². The number of hydrogen-bond acceptors (Lipinski definition) is 7. The Labute approximate surface area is 240 Å². The van der Waals surface area contributed by atoms with Crippen molar-refractivity contribution >= 4 is 35.0 Å². The molecule has 0 aliphatic carbocycles. The van der Waals surface area contributed by atoms with E-state index in [1.54, 1.807) is 37.7 Å². The number of fused-ring (bicyclic) bond motifs is 1. The fraction of sp³-hybridized carbons (Fsp3) is 0.194. The highest BCUT2D eigenvalue weighted by atomic mass is 35.5. The summed E-state index contributed by atoms with van der Waals surface area (Å²) in [5, 5.41) is 0.656. The summed E-state index contributed by atoms with van der Waals surface area (Å²) in [6.45, 7) is 4.08.